The van der Waals surface area contributed by atoms with Crippen molar-refractivity contribution < 1.29 is 9.84 Å². The number of thioether (sulfide) groups is 1. The predicted molar refractivity (Wildman–Crippen MR) is 76.8 cm³/mol. The smallest absolute Gasteiger partial charge is 0.0897 e. The van der Waals surface area contributed by atoms with Crippen LogP contribution in [0.3, 0.4) is 0 Å². The number of hydrogen-bond donors (Lipinski definition) is 2. The lowest BCUT2D eigenvalue weighted by molar-refractivity contribution is 0.0356. The zero-order valence-electron chi connectivity index (χ0n) is 11.6. The molecular weight excluding hydrogens is 234 g/mol. The van der Waals surface area contributed by atoms with E-state index in [2.05, 4.69) is 25.4 Å². The van der Waals surface area contributed by atoms with E-state index >= 15 is 0 Å². The molecule has 0 fully saturated rings. The molecule has 2 N–H and O–H groups in total. The fraction of sp³-hybridized carbons (Fsp3) is 1.00. The van der Waals surface area contributed by atoms with Crippen LogP contribution in [0.4, 0.5) is 0 Å². The van der Waals surface area contributed by atoms with Crippen molar-refractivity contribution in [3.8, 4) is 0 Å². The lowest BCUT2D eigenvalue weighted by Crippen LogP contribution is -2.33. The summed E-state index contributed by atoms with van der Waals surface area (Å²) in [4.78, 5) is 0. The van der Waals surface area contributed by atoms with Gasteiger partial charge in [-0.05, 0) is 12.7 Å². The van der Waals surface area contributed by atoms with Crippen LogP contribution < -0.4 is 5.32 Å². The van der Waals surface area contributed by atoms with Gasteiger partial charge >= 0.3 is 0 Å². The summed E-state index contributed by atoms with van der Waals surface area (Å²) in [6.07, 6.45) is 6.59. The van der Waals surface area contributed by atoms with Gasteiger partial charge in [0.1, 0.15) is 0 Å². The third-order valence-corrected chi connectivity index (χ3v) is 3.64. The molecule has 0 aromatic heterocycles. The molecule has 17 heavy (non-hydrogen) atoms. The van der Waals surface area contributed by atoms with Crippen molar-refractivity contribution in [2.75, 3.05) is 32.6 Å². The first-order chi connectivity index (χ1) is 8.20. The van der Waals surface area contributed by atoms with Crippen LogP contribution in [-0.4, -0.2) is 49.0 Å². The average molecular weight is 263 g/mol. The minimum atomic E-state index is -0.379. The molecular formula is C13H29NO2S. The van der Waals surface area contributed by atoms with Crippen LogP contribution in [0.5, 0.6) is 0 Å². The first-order valence-electron chi connectivity index (χ1n) is 6.70. The monoisotopic (exact) mass is 263 g/mol. The third-order valence-electron chi connectivity index (χ3n) is 2.67. The van der Waals surface area contributed by atoms with Crippen molar-refractivity contribution in [3.05, 3.63) is 0 Å². The summed E-state index contributed by atoms with van der Waals surface area (Å²) in [6.45, 7) is 7.17. The number of aliphatic hydroxyl groups is 1. The van der Waals surface area contributed by atoms with E-state index in [0.717, 1.165) is 19.6 Å². The molecule has 0 saturated carbocycles. The molecule has 0 radical (unpaired) electrons. The number of aliphatic hydroxyl groups excluding tert-OH is 1. The summed E-state index contributed by atoms with van der Waals surface area (Å²) in [6, 6.07) is 0. The highest BCUT2D eigenvalue weighted by Gasteiger charge is 2.05. The van der Waals surface area contributed by atoms with Gasteiger partial charge in [0.15, 0.2) is 0 Å². The molecule has 0 amide bonds. The SMILES string of the molecule is CCCCCCOCC(O)CNCC(C)SC. The maximum absolute atomic E-state index is 9.64. The molecule has 0 spiro atoms. The molecule has 2 atom stereocenters. The fourth-order valence-corrected chi connectivity index (χ4v) is 1.73. The van der Waals surface area contributed by atoms with Crippen LogP contribution in [0.15, 0.2) is 0 Å². The van der Waals surface area contributed by atoms with Crippen LogP contribution in [0.25, 0.3) is 0 Å². The molecule has 104 valence electrons. The van der Waals surface area contributed by atoms with Crippen LogP contribution >= 0.6 is 11.8 Å². The molecule has 2 unspecified atom stereocenters. The van der Waals surface area contributed by atoms with Gasteiger partial charge in [0.05, 0.1) is 12.7 Å². The zero-order chi connectivity index (χ0) is 12.9. The maximum atomic E-state index is 9.64. The number of rotatable bonds is 12. The van der Waals surface area contributed by atoms with E-state index < -0.39 is 0 Å². The Labute approximate surface area is 111 Å². The van der Waals surface area contributed by atoms with Gasteiger partial charge in [0.2, 0.25) is 0 Å². The second kappa shape index (κ2) is 12.7. The summed E-state index contributed by atoms with van der Waals surface area (Å²) in [5, 5.41) is 13.5. The van der Waals surface area contributed by atoms with Gasteiger partial charge in [0.25, 0.3) is 0 Å². The lowest BCUT2D eigenvalue weighted by Gasteiger charge is -2.14. The molecule has 0 bridgehead atoms. The van der Waals surface area contributed by atoms with Crippen molar-refractivity contribution in [3.63, 3.8) is 0 Å². The van der Waals surface area contributed by atoms with E-state index in [0.29, 0.717) is 18.4 Å². The first kappa shape index (κ1) is 17.2. The Morgan fingerprint density at radius 2 is 2.00 bits per heavy atom. The zero-order valence-corrected chi connectivity index (χ0v) is 12.4. The van der Waals surface area contributed by atoms with E-state index in [9.17, 15) is 5.11 Å². The van der Waals surface area contributed by atoms with Gasteiger partial charge in [-0.3, -0.25) is 0 Å². The Morgan fingerprint density at radius 3 is 2.65 bits per heavy atom. The van der Waals surface area contributed by atoms with Crippen LogP contribution in [0.2, 0.25) is 0 Å². The number of ether oxygens (including phenoxy) is 1. The average Bonchev–Trinajstić information content (AvgIpc) is 2.33. The van der Waals surface area contributed by atoms with Crippen molar-refractivity contribution in [1.29, 1.82) is 0 Å². The summed E-state index contributed by atoms with van der Waals surface area (Å²) >= 11 is 1.83. The van der Waals surface area contributed by atoms with Crippen LogP contribution in [0, 0.1) is 0 Å². The Morgan fingerprint density at radius 1 is 1.24 bits per heavy atom. The number of hydrogen-bond acceptors (Lipinski definition) is 4. The highest BCUT2D eigenvalue weighted by atomic mass is 32.2. The van der Waals surface area contributed by atoms with E-state index in [1.807, 2.05) is 11.8 Å². The van der Waals surface area contributed by atoms with Gasteiger partial charge in [0, 0.05) is 24.9 Å². The van der Waals surface area contributed by atoms with Gasteiger partial charge in [-0.1, -0.05) is 33.1 Å². The molecule has 3 nitrogen and oxygen atoms in total. The molecule has 0 aromatic rings. The van der Waals surface area contributed by atoms with Gasteiger partial charge in [-0.15, -0.1) is 0 Å². The summed E-state index contributed by atoms with van der Waals surface area (Å²) in [7, 11) is 0. The predicted octanol–water partition coefficient (Wildman–Crippen LogP) is 2.29. The Balaban J connectivity index is 3.20. The Bertz CT molecular complexity index is 158. The molecule has 4 heteroatoms. The minimum absolute atomic E-state index is 0.379. The fourth-order valence-electron chi connectivity index (χ4n) is 1.45. The van der Waals surface area contributed by atoms with Gasteiger partial charge in [-0.2, -0.15) is 11.8 Å². The number of unbranched alkanes of at least 4 members (excludes halogenated alkanes) is 3. The second-order valence-electron chi connectivity index (χ2n) is 4.49. The van der Waals surface area contributed by atoms with E-state index in [-0.39, 0.29) is 6.10 Å². The molecule has 0 aliphatic rings. The normalized spacial score (nSPS) is 14.8. The number of nitrogens with one attached hydrogen (secondary N) is 1. The molecule has 0 heterocycles. The molecule has 0 saturated heterocycles. The van der Waals surface area contributed by atoms with E-state index in [1.165, 1.54) is 19.3 Å². The summed E-state index contributed by atoms with van der Waals surface area (Å²) in [5.41, 5.74) is 0. The van der Waals surface area contributed by atoms with Gasteiger partial charge < -0.3 is 15.2 Å². The molecule has 0 aliphatic carbocycles. The highest BCUT2D eigenvalue weighted by Crippen LogP contribution is 2.02. The first-order valence-corrected chi connectivity index (χ1v) is 7.98. The highest BCUT2D eigenvalue weighted by molar-refractivity contribution is 7.99. The minimum Gasteiger partial charge on any atom is -0.389 e. The second-order valence-corrected chi connectivity index (χ2v) is 5.77. The Hall–Kier alpha value is 0.230. The topological polar surface area (TPSA) is 41.5 Å². The summed E-state index contributed by atoms with van der Waals surface area (Å²) in [5.74, 6) is 0. The van der Waals surface area contributed by atoms with Gasteiger partial charge in [-0.25, -0.2) is 0 Å². The van der Waals surface area contributed by atoms with Crippen LogP contribution in [-0.2, 0) is 4.74 Å². The maximum Gasteiger partial charge on any atom is 0.0897 e. The van der Waals surface area contributed by atoms with Crippen molar-refractivity contribution in [2.45, 2.75) is 50.9 Å². The van der Waals surface area contributed by atoms with E-state index in [4.69, 9.17) is 4.74 Å². The molecule has 0 rings (SSSR count). The standard InChI is InChI=1S/C13H29NO2S/c1-4-5-6-7-8-16-11-13(15)10-14-9-12(2)17-3/h12-15H,4-11H2,1-3H3. The van der Waals surface area contributed by atoms with Crippen molar-refractivity contribution in [1.82, 2.24) is 5.32 Å². The van der Waals surface area contributed by atoms with Crippen LogP contribution in [0.1, 0.15) is 39.5 Å². The largest absolute Gasteiger partial charge is 0.389 e. The van der Waals surface area contributed by atoms with E-state index in [1.54, 1.807) is 0 Å². The molecule has 0 aromatic carbocycles. The molecule has 0 aliphatic heterocycles. The lowest BCUT2D eigenvalue weighted by atomic mass is 10.2. The quantitative estimate of drug-likeness (QED) is 0.530. The third kappa shape index (κ3) is 12.5. The Kier molecular flexibility index (Phi) is 12.9. The van der Waals surface area contributed by atoms with Crippen molar-refractivity contribution >= 4 is 11.8 Å². The summed E-state index contributed by atoms with van der Waals surface area (Å²) < 4.78 is 5.43. The van der Waals surface area contributed by atoms with Crippen molar-refractivity contribution in [2.24, 2.45) is 0 Å².